The lowest BCUT2D eigenvalue weighted by Crippen LogP contribution is -1.93. The summed E-state index contributed by atoms with van der Waals surface area (Å²) in [6.45, 7) is 3.89. The van der Waals surface area contributed by atoms with Gasteiger partial charge in [0, 0.05) is 0 Å². The van der Waals surface area contributed by atoms with Crippen LogP contribution < -0.4 is 0 Å². The largest absolute Gasteiger partial charge is 0.389 e. The molecule has 0 heterocycles. The predicted octanol–water partition coefficient (Wildman–Crippen LogP) is 3.20. The van der Waals surface area contributed by atoms with E-state index in [0.29, 0.717) is 0 Å². The maximum Gasteiger partial charge on any atom is 0.0767 e. The van der Waals surface area contributed by atoms with Crippen LogP contribution in [0.1, 0.15) is 24.2 Å². The van der Waals surface area contributed by atoms with Gasteiger partial charge in [-0.1, -0.05) is 36.4 Å². The second-order valence-corrected chi connectivity index (χ2v) is 3.69. The van der Waals surface area contributed by atoms with Gasteiger partial charge >= 0.3 is 0 Å². The molecule has 0 aliphatic heterocycles. The van der Waals surface area contributed by atoms with Gasteiger partial charge in [0.05, 0.1) is 6.10 Å². The van der Waals surface area contributed by atoms with Crippen molar-refractivity contribution in [1.82, 2.24) is 0 Å². The van der Waals surface area contributed by atoms with E-state index >= 15 is 0 Å². The molecule has 0 saturated heterocycles. The van der Waals surface area contributed by atoms with E-state index in [1.54, 1.807) is 6.92 Å². The summed E-state index contributed by atoms with van der Waals surface area (Å²) in [5.74, 6) is 0. The van der Waals surface area contributed by atoms with E-state index in [1.165, 1.54) is 10.9 Å². The SMILES string of the molecule is Cc1ccc([C@@H](C)O)c2ccccc12. The molecule has 0 aliphatic rings. The van der Waals surface area contributed by atoms with E-state index in [4.69, 9.17) is 0 Å². The van der Waals surface area contributed by atoms with Crippen molar-refractivity contribution in [2.24, 2.45) is 0 Å². The molecule has 0 aliphatic carbocycles. The lowest BCUT2D eigenvalue weighted by molar-refractivity contribution is 0.201. The van der Waals surface area contributed by atoms with Gasteiger partial charge in [-0.25, -0.2) is 0 Å². The quantitative estimate of drug-likeness (QED) is 0.725. The third-order valence-electron chi connectivity index (χ3n) is 2.63. The van der Waals surface area contributed by atoms with Gasteiger partial charge < -0.3 is 5.11 Å². The Bertz CT molecular complexity index is 458. The first-order valence-electron chi connectivity index (χ1n) is 4.86. The Morgan fingerprint density at radius 1 is 1.00 bits per heavy atom. The van der Waals surface area contributed by atoms with Crippen molar-refractivity contribution >= 4 is 10.8 Å². The number of aryl methyl sites for hydroxylation is 1. The minimum absolute atomic E-state index is 0.402. The molecule has 1 atom stereocenters. The highest BCUT2D eigenvalue weighted by Gasteiger charge is 2.06. The highest BCUT2D eigenvalue weighted by atomic mass is 16.3. The van der Waals surface area contributed by atoms with Crippen molar-refractivity contribution < 1.29 is 5.11 Å². The van der Waals surface area contributed by atoms with Gasteiger partial charge in [-0.15, -0.1) is 0 Å². The van der Waals surface area contributed by atoms with Crippen LogP contribution in [-0.2, 0) is 0 Å². The minimum Gasteiger partial charge on any atom is -0.389 e. The van der Waals surface area contributed by atoms with Crippen molar-refractivity contribution in [3.63, 3.8) is 0 Å². The molecular weight excluding hydrogens is 172 g/mol. The Hall–Kier alpha value is -1.34. The first-order valence-corrected chi connectivity index (χ1v) is 4.86. The average molecular weight is 186 g/mol. The highest BCUT2D eigenvalue weighted by molar-refractivity contribution is 5.88. The summed E-state index contributed by atoms with van der Waals surface area (Å²) in [6.07, 6.45) is -0.402. The monoisotopic (exact) mass is 186 g/mol. The number of hydrogen-bond acceptors (Lipinski definition) is 1. The van der Waals surface area contributed by atoms with Crippen LogP contribution in [0.2, 0.25) is 0 Å². The summed E-state index contributed by atoms with van der Waals surface area (Å²) in [6, 6.07) is 12.3. The smallest absolute Gasteiger partial charge is 0.0767 e. The number of fused-ring (bicyclic) bond motifs is 1. The molecular formula is C13H14O. The van der Waals surface area contributed by atoms with Crippen molar-refractivity contribution in [1.29, 1.82) is 0 Å². The maximum absolute atomic E-state index is 9.61. The van der Waals surface area contributed by atoms with E-state index in [0.717, 1.165) is 10.9 Å². The van der Waals surface area contributed by atoms with Crippen LogP contribution in [0.25, 0.3) is 10.8 Å². The molecule has 0 saturated carbocycles. The van der Waals surface area contributed by atoms with Crippen LogP contribution in [0, 0.1) is 6.92 Å². The Kier molecular flexibility index (Phi) is 2.26. The molecule has 2 rings (SSSR count). The van der Waals surface area contributed by atoms with Gasteiger partial charge in [-0.2, -0.15) is 0 Å². The van der Waals surface area contributed by atoms with Gasteiger partial charge in [0.1, 0.15) is 0 Å². The molecule has 0 fully saturated rings. The highest BCUT2D eigenvalue weighted by Crippen LogP contribution is 2.26. The molecule has 1 nitrogen and oxygen atoms in total. The van der Waals surface area contributed by atoms with Crippen molar-refractivity contribution in [3.8, 4) is 0 Å². The molecule has 14 heavy (non-hydrogen) atoms. The molecule has 2 aromatic rings. The van der Waals surface area contributed by atoms with E-state index < -0.39 is 6.10 Å². The van der Waals surface area contributed by atoms with E-state index in [2.05, 4.69) is 25.1 Å². The average Bonchev–Trinajstić information content (AvgIpc) is 2.18. The number of aliphatic hydroxyl groups excluding tert-OH is 1. The summed E-state index contributed by atoms with van der Waals surface area (Å²) in [5.41, 5.74) is 2.26. The Morgan fingerprint density at radius 3 is 2.29 bits per heavy atom. The molecule has 0 radical (unpaired) electrons. The molecule has 0 amide bonds. The fourth-order valence-corrected chi connectivity index (χ4v) is 1.84. The zero-order valence-electron chi connectivity index (χ0n) is 8.49. The van der Waals surface area contributed by atoms with Crippen LogP contribution in [0.5, 0.6) is 0 Å². The number of rotatable bonds is 1. The van der Waals surface area contributed by atoms with Gasteiger partial charge in [0.25, 0.3) is 0 Å². The Labute approximate surface area is 84.0 Å². The summed E-state index contributed by atoms with van der Waals surface area (Å²) in [7, 11) is 0. The van der Waals surface area contributed by atoms with Crippen LogP contribution in [0.3, 0.4) is 0 Å². The van der Waals surface area contributed by atoms with E-state index in [9.17, 15) is 5.11 Å². The van der Waals surface area contributed by atoms with Crippen LogP contribution in [0.4, 0.5) is 0 Å². The zero-order chi connectivity index (χ0) is 10.1. The van der Waals surface area contributed by atoms with Crippen LogP contribution in [0.15, 0.2) is 36.4 Å². The van der Waals surface area contributed by atoms with Gasteiger partial charge in [0.2, 0.25) is 0 Å². The molecule has 72 valence electrons. The van der Waals surface area contributed by atoms with Crippen molar-refractivity contribution in [3.05, 3.63) is 47.5 Å². The van der Waals surface area contributed by atoms with E-state index in [1.807, 2.05) is 18.2 Å². The van der Waals surface area contributed by atoms with Gasteiger partial charge in [-0.05, 0) is 35.7 Å². The topological polar surface area (TPSA) is 20.2 Å². The molecule has 0 spiro atoms. The summed E-state index contributed by atoms with van der Waals surface area (Å²) in [5, 5.41) is 12.0. The number of hydrogen-bond donors (Lipinski definition) is 1. The van der Waals surface area contributed by atoms with Crippen LogP contribution >= 0.6 is 0 Å². The van der Waals surface area contributed by atoms with Gasteiger partial charge in [-0.3, -0.25) is 0 Å². The zero-order valence-corrected chi connectivity index (χ0v) is 8.49. The number of aliphatic hydroxyl groups is 1. The molecule has 0 unspecified atom stereocenters. The minimum atomic E-state index is -0.402. The molecule has 1 N–H and O–H groups in total. The van der Waals surface area contributed by atoms with Crippen molar-refractivity contribution in [2.45, 2.75) is 20.0 Å². The molecule has 0 bridgehead atoms. The molecule has 0 aromatic heterocycles. The lowest BCUT2D eigenvalue weighted by Gasteiger charge is -2.10. The van der Waals surface area contributed by atoms with Crippen LogP contribution in [-0.4, -0.2) is 5.11 Å². The lowest BCUT2D eigenvalue weighted by atomic mass is 9.98. The second kappa shape index (κ2) is 3.43. The summed E-state index contributed by atoms with van der Waals surface area (Å²) >= 11 is 0. The van der Waals surface area contributed by atoms with Crippen molar-refractivity contribution in [2.75, 3.05) is 0 Å². The molecule has 1 heteroatoms. The molecule has 2 aromatic carbocycles. The maximum atomic E-state index is 9.61. The number of benzene rings is 2. The first kappa shape index (κ1) is 9.22. The second-order valence-electron chi connectivity index (χ2n) is 3.69. The fraction of sp³-hybridized carbons (Fsp3) is 0.231. The Balaban J connectivity index is 2.82. The van der Waals surface area contributed by atoms with Gasteiger partial charge in [0.15, 0.2) is 0 Å². The Morgan fingerprint density at radius 2 is 1.64 bits per heavy atom. The fourth-order valence-electron chi connectivity index (χ4n) is 1.84. The third kappa shape index (κ3) is 1.40. The predicted molar refractivity (Wildman–Crippen MR) is 59.3 cm³/mol. The first-order chi connectivity index (χ1) is 6.70. The van der Waals surface area contributed by atoms with E-state index in [-0.39, 0.29) is 0 Å². The summed E-state index contributed by atoms with van der Waals surface area (Å²) < 4.78 is 0. The summed E-state index contributed by atoms with van der Waals surface area (Å²) in [4.78, 5) is 0. The third-order valence-corrected chi connectivity index (χ3v) is 2.63. The standard InChI is InChI=1S/C13H14O/c1-9-7-8-12(10(2)14)13-6-4-3-5-11(9)13/h3-8,10,14H,1-2H3/t10-/m1/s1. The normalized spacial score (nSPS) is 13.1.